The lowest BCUT2D eigenvalue weighted by Gasteiger charge is -2.41. The van der Waals surface area contributed by atoms with E-state index in [-0.39, 0.29) is 25.7 Å². The predicted octanol–water partition coefficient (Wildman–Crippen LogP) is 7.67. The molecule has 0 aromatic carbocycles. The third-order valence-electron chi connectivity index (χ3n) is 11.0. The zero-order valence-corrected chi connectivity index (χ0v) is 40.1. The van der Waals surface area contributed by atoms with Crippen molar-refractivity contribution in [3.8, 4) is 0 Å². The van der Waals surface area contributed by atoms with E-state index in [2.05, 4.69) is 26.0 Å². The number of phosphoric acid groups is 1. The number of rotatable bonds is 39. The topological polar surface area (TPSA) is 250 Å². The van der Waals surface area contributed by atoms with E-state index in [4.69, 9.17) is 18.5 Å². The van der Waals surface area contributed by atoms with Gasteiger partial charge in [0.15, 0.2) is 6.10 Å². The summed E-state index contributed by atoms with van der Waals surface area (Å²) in [6, 6.07) is 0. The number of aliphatic hydroxyl groups is 7. The molecular formula is C49H85O15P. The zero-order chi connectivity index (χ0) is 48.1. The first-order valence-corrected chi connectivity index (χ1v) is 25.8. The number of ether oxygens (including phenoxy) is 2. The Bertz CT molecular complexity index is 1400. The Balaban J connectivity index is 2.55. The fourth-order valence-corrected chi connectivity index (χ4v) is 8.00. The van der Waals surface area contributed by atoms with Crippen molar-refractivity contribution in [2.45, 2.75) is 223 Å². The second-order valence-corrected chi connectivity index (χ2v) is 18.4. The zero-order valence-electron chi connectivity index (χ0n) is 39.2. The highest BCUT2D eigenvalue weighted by atomic mass is 31.2. The van der Waals surface area contributed by atoms with E-state index in [0.717, 1.165) is 77.0 Å². The Hall–Kier alpha value is -2.53. The molecule has 1 aliphatic carbocycles. The van der Waals surface area contributed by atoms with Gasteiger partial charge in [-0.15, -0.1) is 0 Å². The van der Waals surface area contributed by atoms with Crippen molar-refractivity contribution in [1.29, 1.82) is 0 Å². The predicted molar refractivity (Wildman–Crippen MR) is 251 cm³/mol. The molecule has 8 N–H and O–H groups in total. The second-order valence-electron chi connectivity index (χ2n) is 17.0. The number of hydrogen-bond donors (Lipinski definition) is 8. The Kier molecular flexibility index (Phi) is 35.8. The van der Waals surface area contributed by atoms with Gasteiger partial charge < -0.3 is 50.1 Å². The van der Waals surface area contributed by atoms with Gasteiger partial charge in [-0.05, 0) is 57.8 Å². The number of aliphatic hydroxyl groups excluding tert-OH is 7. The van der Waals surface area contributed by atoms with Crippen LogP contribution in [0.1, 0.15) is 168 Å². The normalized spacial score (nSPS) is 22.9. The van der Waals surface area contributed by atoms with Crippen LogP contribution in [0.15, 0.2) is 60.8 Å². The van der Waals surface area contributed by atoms with E-state index in [1.165, 1.54) is 38.5 Å². The Morgan fingerprint density at radius 1 is 0.554 bits per heavy atom. The lowest BCUT2D eigenvalue weighted by Crippen LogP contribution is -2.64. The summed E-state index contributed by atoms with van der Waals surface area (Å²) in [4.78, 5) is 35.8. The molecule has 1 fully saturated rings. The number of allylic oxidation sites excluding steroid dienone is 8. The summed E-state index contributed by atoms with van der Waals surface area (Å²) in [5, 5.41) is 70.4. The molecule has 0 aromatic rings. The van der Waals surface area contributed by atoms with E-state index in [0.29, 0.717) is 12.8 Å². The van der Waals surface area contributed by atoms with Crippen molar-refractivity contribution in [3.63, 3.8) is 0 Å². The fraction of sp³-hybridized carbons (Fsp3) is 0.755. The van der Waals surface area contributed by atoms with E-state index in [9.17, 15) is 54.8 Å². The van der Waals surface area contributed by atoms with Gasteiger partial charge in [0, 0.05) is 12.8 Å². The molecule has 0 saturated heterocycles. The quantitative estimate of drug-likeness (QED) is 0.00968. The van der Waals surface area contributed by atoms with Crippen LogP contribution in [-0.4, -0.2) is 121 Å². The van der Waals surface area contributed by atoms with Crippen molar-refractivity contribution in [2.75, 3.05) is 13.2 Å². The van der Waals surface area contributed by atoms with Gasteiger partial charge in [-0.3, -0.25) is 18.6 Å². The summed E-state index contributed by atoms with van der Waals surface area (Å²) >= 11 is 0. The lowest BCUT2D eigenvalue weighted by atomic mass is 9.85. The van der Waals surface area contributed by atoms with Gasteiger partial charge in [-0.2, -0.15) is 0 Å². The van der Waals surface area contributed by atoms with E-state index in [1.54, 1.807) is 24.3 Å². The lowest BCUT2D eigenvalue weighted by molar-refractivity contribution is -0.220. The molecule has 0 bridgehead atoms. The standard InChI is InChI=1S/C49H85O15P/c1-3-5-7-8-9-10-11-12-13-14-15-16-17-18-22-25-29-35-43(53)63-41(38-62-65(59,60)64-49-47(57)45(55)44(54)46(56)48(49)58)37-61-42(52)36-30-34-40(51)33-28-24-21-19-20-23-27-32-39(50)31-26-6-4-2/h12-13,20-21,23-24,27-28,32-33,39-41,44-51,54-58H,3-11,14-19,22,25-26,29-31,34-38H2,1-2H3,(H,59,60)/b13-12-,23-20-,24-21-,32-27+,33-28+/t39-,40-,41+,44?,45-,46+,47+,48+,49?/m0/s1. The molecule has 1 saturated carbocycles. The Morgan fingerprint density at radius 2 is 1.02 bits per heavy atom. The number of unbranched alkanes of at least 4 members (excludes halogenated alkanes) is 15. The smallest absolute Gasteiger partial charge is 0.462 e. The van der Waals surface area contributed by atoms with E-state index in [1.807, 2.05) is 24.3 Å². The summed E-state index contributed by atoms with van der Waals surface area (Å²) in [7, 11) is -5.18. The molecule has 0 amide bonds. The average molecular weight is 945 g/mol. The van der Waals surface area contributed by atoms with Crippen molar-refractivity contribution < 1.29 is 73.3 Å². The second kappa shape index (κ2) is 38.4. The number of esters is 2. The summed E-state index contributed by atoms with van der Waals surface area (Å²) in [6.45, 7) is 3.00. The van der Waals surface area contributed by atoms with Crippen molar-refractivity contribution in [3.05, 3.63) is 60.8 Å². The summed E-state index contributed by atoms with van der Waals surface area (Å²) in [6.07, 6.45) is 26.1. The van der Waals surface area contributed by atoms with Gasteiger partial charge in [-0.25, -0.2) is 4.57 Å². The van der Waals surface area contributed by atoms with Crippen LogP contribution in [0.3, 0.4) is 0 Å². The minimum absolute atomic E-state index is 0.0403. The molecule has 10 atom stereocenters. The summed E-state index contributed by atoms with van der Waals surface area (Å²) < 4.78 is 33.4. The van der Waals surface area contributed by atoms with Crippen molar-refractivity contribution in [1.82, 2.24) is 0 Å². The number of carbonyl (C=O) groups is 2. The minimum Gasteiger partial charge on any atom is -0.462 e. The van der Waals surface area contributed by atoms with Gasteiger partial charge in [0.2, 0.25) is 0 Å². The number of carbonyl (C=O) groups excluding carboxylic acids is 2. The molecule has 0 heterocycles. The molecule has 0 aromatic heterocycles. The van der Waals surface area contributed by atoms with Crippen molar-refractivity contribution >= 4 is 19.8 Å². The number of phosphoric ester groups is 1. The van der Waals surface area contributed by atoms with Gasteiger partial charge >= 0.3 is 19.8 Å². The Morgan fingerprint density at radius 3 is 1.57 bits per heavy atom. The average Bonchev–Trinajstić information content (AvgIpc) is 3.28. The molecule has 0 spiro atoms. The molecule has 0 aliphatic heterocycles. The monoisotopic (exact) mass is 945 g/mol. The summed E-state index contributed by atoms with van der Waals surface area (Å²) in [5.74, 6) is -1.33. The molecule has 16 heteroatoms. The van der Waals surface area contributed by atoms with Crippen LogP contribution in [0.2, 0.25) is 0 Å². The van der Waals surface area contributed by atoms with Gasteiger partial charge in [0.1, 0.15) is 43.2 Å². The van der Waals surface area contributed by atoms with Gasteiger partial charge in [0.25, 0.3) is 0 Å². The highest BCUT2D eigenvalue weighted by Gasteiger charge is 2.51. The minimum atomic E-state index is -5.18. The maximum Gasteiger partial charge on any atom is 0.472 e. The first-order chi connectivity index (χ1) is 31.2. The summed E-state index contributed by atoms with van der Waals surface area (Å²) in [5.41, 5.74) is 0. The molecule has 65 heavy (non-hydrogen) atoms. The maximum absolute atomic E-state index is 12.8. The van der Waals surface area contributed by atoms with E-state index >= 15 is 0 Å². The van der Waals surface area contributed by atoms with Crippen LogP contribution < -0.4 is 0 Å². The SMILES string of the molecule is CCCCCCCC/C=C\CCCCCCCCCC(=O)O[C@H](COC(=O)CCC[C@@H](O)/C=C/C=C\C/C=C\C=C\[C@@H](O)CCCCC)COP(=O)(O)OC1[C@H](O)[C@H](O)C(O)[C@H](O)[C@H]1O. The number of hydrogen-bond acceptors (Lipinski definition) is 14. The molecule has 3 unspecified atom stereocenters. The fourth-order valence-electron chi connectivity index (χ4n) is 7.02. The van der Waals surface area contributed by atoms with Crippen molar-refractivity contribution in [2.24, 2.45) is 0 Å². The maximum atomic E-state index is 12.8. The largest absolute Gasteiger partial charge is 0.472 e. The third kappa shape index (κ3) is 31.2. The highest BCUT2D eigenvalue weighted by molar-refractivity contribution is 7.47. The molecule has 1 aliphatic rings. The van der Waals surface area contributed by atoms with Gasteiger partial charge in [-0.1, -0.05) is 158 Å². The van der Waals surface area contributed by atoms with Crippen LogP contribution in [0, 0.1) is 0 Å². The highest BCUT2D eigenvalue weighted by Crippen LogP contribution is 2.47. The molecule has 15 nitrogen and oxygen atoms in total. The third-order valence-corrected chi connectivity index (χ3v) is 12.0. The molecule has 376 valence electrons. The van der Waals surface area contributed by atoms with E-state index < -0.39 is 87.9 Å². The van der Waals surface area contributed by atoms with Crippen LogP contribution >= 0.6 is 7.82 Å². The Labute approximate surface area is 388 Å². The van der Waals surface area contributed by atoms with Crippen LogP contribution in [0.25, 0.3) is 0 Å². The first-order valence-electron chi connectivity index (χ1n) is 24.3. The van der Waals surface area contributed by atoms with Gasteiger partial charge in [0.05, 0.1) is 18.8 Å². The van der Waals surface area contributed by atoms with Crippen LogP contribution in [-0.2, 0) is 32.7 Å². The first kappa shape index (κ1) is 60.5. The van der Waals surface area contributed by atoms with Crippen LogP contribution in [0.5, 0.6) is 0 Å². The molecular weight excluding hydrogens is 859 g/mol. The molecule has 1 rings (SSSR count). The molecule has 0 radical (unpaired) electrons. The van der Waals surface area contributed by atoms with Crippen LogP contribution in [0.4, 0.5) is 0 Å².